The summed E-state index contributed by atoms with van der Waals surface area (Å²) in [5, 5.41) is 13.0. The van der Waals surface area contributed by atoms with Crippen molar-refractivity contribution in [3.05, 3.63) is 29.3 Å². The molecule has 1 aliphatic rings. The highest BCUT2D eigenvalue weighted by Crippen LogP contribution is 2.35. The number of Topliss-reactive ketones (excluding diaryl/α,β-unsaturated/α-hetero) is 1. The standard InChI is InChI=1S/C20H26BNO9/c1-4-28-20(26)30-13(3)29-19(25)16-7-5-6-14-10-15(21(27)31-18(14)16)11-22-17(24)9-8-12(2)23/h5-7,13,15,27H,4,8-11H2,1-3H3,(H,22,24). The SMILES string of the molecule is CCOC(=O)OC(C)OC(=O)c1cccc2c1OB(O)C(CNC(=O)CCC(C)=O)C2. The van der Waals surface area contributed by atoms with E-state index in [2.05, 4.69) is 10.1 Å². The Hall–Kier alpha value is -3.08. The molecule has 10 nitrogen and oxygen atoms in total. The van der Waals surface area contributed by atoms with E-state index < -0.39 is 31.4 Å². The Labute approximate surface area is 180 Å². The molecular weight excluding hydrogens is 409 g/mol. The Morgan fingerprint density at radius 3 is 2.68 bits per heavy atom. The molecule has 0 fully saturated rings. The van der Waals surface area contributed by atoms with Crippen LogP contribution in [0.5, 0.6) is 5.75 Å². The summed E-state index contributed by atoms with van der Waals surface area (Å²) in [7, 11) is -1.26. The average molecular weight is 435 g/mol. The third-order valence-electron chi connectivity index (χ3n) is 4.50. The molecule has 2 unspecified atom stereocenters. The molecule has 168 valence electrons. The van der Waals surface area contributed by atoms with Crippen molar-refractivity contribution in [2.75, 3.05) is 13.2 Å². The van der Waals surface area contributed by atoms with Gasteiger partial charge in [0.25, 0.3) is 0 Å². The highest BCUT2D eigenvalue weighted by molar-refractivity contribution is 6.46. The Balaban J connectivity index is 1.99. The van der Waals surface area contributed by atoms with Crippen LogP contribution < -0.4 is 9.97 Å². The molecule has 31 heavy (non-hydrogen) atoms. The zero-order valence-corrected chi connectivity index (χ0v) is 17.7. The minimum Gasteiger partial charge on any atom is -0.535 e. The zero-order chi connectivity index (χ0) is 23.0. The van der Waals surface area contributed by atoms with Crippen molar-refractivity contribution in [3.63, 3.8) is 0 Å². The third kappa shape index (κ3) is 7.28. The molecule has 1 aliphatic heterocycles. The van der Waals surface area contributed by atoms with E-state index in [4.69, 9.17) is 14.1 Å². The predicted octanol–water partition coefficient (Wildman–Crippen LogP) is 1.63. The van der Waals surface area contributed by atoms with Crippen molar-refractivity contribution in [1.29, 1.82) is 0 Å². The number of ether oxygens (including phenoxy) is 3. The molecule has 1 aromatic carbocycles. The molecule has 0 saturated heterocycles. The Kier molecular flexibility index (Phi) is 8.86. The Morgan fingerprint density at radius 2 is 2.00 bits per heavy atom. The van der Waals surface area contributed by atoms with Crippen molar-refractivity contribution in [2.24, 2.45) is 0 Å². The summed E-state index contributed by atoms with van der Waals surface area (Å²) in [6.45, 7) is 4.66. The lowest BCUT2D eigenvalue weighted by Gasteiger charge is -2.28. The van der Waals surface area contributed by atoms with Gasteiger partial charge in [0.15, 0.2) is 0 Å². The fourth-order valence-electron chi connectivity index (χ4n) is 2.97. The molecular formula is C20H26BNO9. The molecule has 1 heterocycles. The zero-order valence-electron chi connectivity index (χ0n) is 17.7. The first kappa shape index (κ1) is 24.2. The van der Waals surface area contributed by atoms with E-state index in [0.29, 0.717) is 12.0 Å². The molecule has 11 heteroatoms. The van der Waals surface area contributed by atoms with Crippen LogP contribution in [-0.4, -0.2) is 55.4 Å². The van der Waals surface area contributed by atoms with Crippen molar-refractivity contribution in [2.45, 2.75) is 52.1 Å². The van der Waals surface area contributed by atoms with E-state index in [-0.39, 0.29) is 49.0 Å². The number of fused-ring (bicyclic) bond motifs is 1. The highest BCUT2D eigenvalue weighted by atomic mass is 16.8. The summed E-state index contributed by atoms with van der Waals surface area (Å²) in [6, 6.07) is 4.84. The first-order valence-corrected chi connectivity index (χ1v) is 9.98. The summed E-state index contributed by atoms with van der Waals surface area (Å²) in [5.41, 5.74) is 0.724. The summed E-state index contributed by atoms with van der Waals surface area (Å²) < 4.78 is 20.1. The van der Waals surface area contributed by atoms with Gasteiger partial charge in [-0.25, -0.2) is 9.59 Å². The second kappa shape index (κ2) is 11.4. The summed E-state index contributed by atoms with van der Waals surface area (Å²) in [6.07, 6.45) is -1.56. The molecule has 0 saturated carbocycles. The second-order valence-corrected chi connectivity index (χ2v) is 7.05. The van der Waals surface area contributed by atoms with E-state index in [0.717, 1.165) is 0 Å². The van der Waals surface area contributed by atoms with Crippen LogP contribution in [0.3, 0.4) is 0 Å². The number of nitrogens with one attached hydrogen (secondary N) is 1. The van der Waals surface area contributed by atoms with Gasteiger partial charge in [0.1, 0.15) is 17.1 Å². The molecule has 0 spiro atoms. The maximum Gasteiger partial charge on any atom is 0.528 e. The van der Waals surface area contributed by atoms with Crippen molar-refractivity contribution < 1.29 is 43.1 Å². The van der Waals surface area contributed by atoms with Gasteiger partial charge in [-0.05, 0) is 31.9 Å². The topological polar surface area (TPSA) is 137 Å². The van der Waals surface area contributed by atoms with E-state index in [1.165, 1.54) is 19.9 Å². The van der Waals surface area contributed by atoms with Gasteiger partial charge in [0, 0.05) is 32.1 Å². The fraction of sp³-hybridized carbons (Fsp3) is 0.500. The smallest absolute Gasteiger partial charge is 0.528 e. The number of rotatable bonds is 9. The lowest BCUT2D eigenvalue weighted by Crippen LogP contribution is -2.41. The minimum atomic E-state index is -1.26. The summed E-state index contributed by atoms with van der Waals surface area (Å²) in [5.74, 6) is -1.43. The predicted molar refractivity (Wildman–Crippen MR) is 108 cm³/mol. The van der Waals surface area contributed by atoms with Gasteiger partial charge in [-0.1, -0.05) is 12.1 Å². The van der Waals surface area contributed by atoms with E-state index >= 15 is 0 Å². The van der Waals surface area contributed by atoms with Gasteiger partial charge in [-0.15, -0.1) is 0 Å². The molecule has 1 amide bonds. The van der Waals surface area contributed by atoms with Crippen molar-refractivity contribution in [1.82, 2.24) is 5.32 Å². The van der Waals surface area contributed by atoms with Gasteiger partial charge in [0.2, 0.25) is 12.2 Å². The normalized spacial score (nSPS) is 15.7. The summed E-state index contributed by atoms with van der Waals surface area (Å²) >= 11 is 0. The van der Waals surface area contributed by atoms with Crippen LogP contribution in [0.1, 0.15) is 49.5 Å². The van der Waals surface area contributed by atoms with Crippen molar-refractivity contribution in [3.8, 4) is 5.75 Å². The second-order valence-electron chi connectivity index (χ2n) is 7.05. The lowest BCUT2D eigenvalue weighted by atomic mass is 9.66. The maximum absolute atomic E-state index is 12.5. The molecule has 0 bridgehead atoms. The first-order valence-electron chi connectivity index (χ1n) is 9.98. The quantitative estimate of drug-likeness (QED) is 0.337. The fourth-order valence-corrected chi connectivity index (χ4v) is 2.97. The van der Waals surface area contributed by atoms with Crippen molar-refractivity contribution >= 4 is 30.9 Å². The first-order chi connectivity index (χ1) is 14.7. The van der Waals surface area contributed by atoms with E-state index in [1.54, 1.807) is 19.1 Å². The monoisotopic (exact) mass is 435 g/mol. The van der Waals surface area contributed by atoms with E-state index in [1.807, 2.05) is 0 Å². The molecule has 2 rings (SSSR count). The number of para-hydroxylation sites is 1. The molecule has 0 radical (unpaired) electrons. The maximum atomic E-state index is 12.5. The van der Waals surface area contributed by atoms with Crippen LogP contribution in [0.4, 0.5) is 4.79 Å². The molecule has 0 aliphatic carbocycles. The van der Waals surface area contributed by atoms with Crippen LogP contribution in [0.15, 0.2) is 18.2 Å². The van der Waals surface area contributed by atoms with E-state index in [9.17, 15) is 24.2 Å². The van der Waals surface area contributed by atoms with Crippen LogP contribution in [0.25, 0.3) is 0 Å². The highest BCUT2D eigenvalue weighted by Gasteiger charge is 2.37. The van der Waals surface area contributed by atoms with Crippen LogP contribution >= 0.6 is 0 Å². The number of ketones is 1. The third-order valence-corrected chi connectivity index (χ3v) is 4.50. The number of carbonyl (C=O) groups excluding carboxylic acids is 4. The minimum absolute atomic E-state index is 0.0693. The largest absolute Gasteiger partial charge is 0.535 e. The number of amides is 1. The Bertz CT molecular complexity index is 829. The number of esters is 1. The van der Waals surface area contributed by atoms with Gasteiger partial charge in [0.05, 0.1) is 6.61 Å². The van der Waals surface area contributed by atoms with Gasteiger partial charge < -0.3 is 34.0 Å². The molecule has 2 N–H and O–H groups in total. The number of hydrogen-bond donors (Lipinski definition) is 2. The summed E-state index contributed by atoms with van der Waals surface area (Å²) in [4.78, 5) is 46.6. The van der Waals surface area contributed by atoms with Crippen LogP contribution in [0.2, 0.25) is 5.82 Å². The van der Waals surface area contributed by atoms with Gasteiger partial charge >= 0.3 is 19.2 Å². The Morgan fingerprint density at radius 1 is 1.26 bits per heavy atom. The average Bonchev–Trinajstić information content (AvgIpc) is 2.70. The molecule has 2 atom stereocenters. The van der Waals surface area contributed by atoms with Crippen LogP contribution in [-0.2, 0) is 30.2 Å². The molecule has 0 aromatic heterocycles. The lowest BCUT2D eigenvalue weighted by molar-refractivity contribution is -0.124. The van der Waals surface area contributed by atoms with Crippen LogP contribution in [0, 0.1) is 0 Å². The van der Waals surface area contributed by atoms with Gasteiger partial charge in [-0.3, -0.25) is 4.79 Å². The number of benzene rings is 1. The van der Waals surface area contributed by atoms with Gasteiger partial charge in [-0.2, -0.15) is 0 Å². The number of carbonyl (C=O) groups is 4. The number of hydrogen-bond acceptors (Lipinski definition) is 9. The molecule has 1 aromatic rings.